The molecule has 9 rings (SSSR count). The van der Waals surface area contributed by atoms with Crippen molar-refractivity contribution < 1.29 is 0 Å². The van der Waals surface area contributed by atoms with E-state index in [2.05, 4.69) is 162 Å². The fourth-order valence-electron chi connectivity index (χ4n) is 6.69. The van der Waals surface area contributed by atoms with Crippen LogP contribution >= 0.6 is 45.2 Å². The van der Waals surface area contributed by atoms with Crippen molar-refractivity contribution >= 4 is 91.6 Å². The smallest absolute Gasteiger partial charge is 0.0737 e. The predicted octanol–water partition coefficient (Wildman–Crippen LogP) is 11.3. The highest BCUT2D eigenvalue weighted by molar-refractivity contribution is 14.1. The first-order valence-corrected chi connectivity index (χ1v) is 18.2. The molecule has 6 nitrogen and oxygen atoms in total. The molecule has 0 saturated carbocycles. The zero-order valence-corrected chi connectivity index (χ0v) is 30.7. The second-order valence-corrected chi connectivity index (χ2v) is 14.5. The first-order valence-electron chi connectivity index (χ1n) is 16.1. The Balaban J connectivity index is 1.47. The van der Waals surface area contributed by atoms with Gasteiger partial charge >= 0.3 is 0 Å². The van der Waals surface area contributed by atoms with Gasteiger partial charge in [-0.25, -0.2) is 9.97 Å². The minimum Gasteiger partial charge on any atom is -0.354 e. The molecule has 238 valence electrons. The van der Waals surface area contributed by atoms with E-state index in [9.17, 15) is 0 Å². The lowest BCUT2D eigenvalue weighted by Gasteiger charge is -2.07. The summed E-state index contributed by atoms with van der Waals surface area (Å²) in [6, 6.07) is 33.9. The van der Waals surface area contributed by atoms with Crippen LogP contribution in [0.4, 0.5) is 0 Å². The molecule has 8 bridgehead atoms. The Bertz CT molecular complexity index is 2450. The summed E-state index contributed by atoms with van der Waals surface area (Å²) in [6.45, 7) is 0. The monoisotopic (exact) mass is 868 g/mol. The molecule has 0 amide bonds. The number of H-pyrrole nitrogens is 2. The summed E-state index contributed by atoms with van der Waals surface area (Å²) in [5.74, 6) is 0. The number of benzene rings is 2. The van der Waals surface area contributed by atoms with E-state index in [0.717, 1.165) is 89.4 Å². The van der Waals surface area contributed by atoms with Gasteiger partial charge in [-0.2, -0.15) is 0 Å². The van der Waals surface area contributed by atoms with Crippen molar-refractivity contribution in [3.63, 3.8) is 0 Å². The van der Waals surface area contributed by atoms with Gasteiger partial charge in [0.25, 0.3) is 0 Å². The Kier molecular flexibility index (Phi) is 7.97. The van der Waals surface area contributed by atoms with Crippen LogP contribution in [-0.2, 0) is 0 Å². The Morgan fingerprint density at radius 2 is 0.620 bits per heavy atom. The highest BCUT2D eigenvalue weighted by atomic mass is 127. The number of aromatic amines is 2. The minimum atomic E-state index is 0.870. The third kappa shape index (κ3) is 5.67. The zero-order chi connectivity index (χ0) is 33.6. The Morgan fingerprint density at radius 3 is 0.920 bits per heavy atom. The summed E-state index contributed by atoms with van der Waals surface area (Å²) in [5.41, 5.74) is 15.6. The van der Waals surface area contributed by atoms with E-state index < -0.39 is 0 Å². The lowest BCUT2D eigenvalue weighted by molar-refractivity contribution is 1.29. The number of rotatable bonds is 4. The van der Waals surface area contributed by atoms with Crippen molar-refractivity contribution in [3.05, 3.63) is 152 Å². The second kappa shape index (κ2) is 12.9. The van der Waals surface area contributed by atoms with E-state index in [4.69, 9.17) is 9.97 Å². The molecule has 2 N–H and O–H groups in total. The van der Waals surface area contributed by atoms with Crippen molar-refractivity contribution in [2.75, 3.05) is 0 Å². The second-order valence-electron chi connectivity index (χ2n) is 12.0. The number of hydrogen-bond donors (Lipinski definition) is 2. The van der Waals surface area contributed by atoms with Crippen LogP contribution < -0.4 is 0 Å². The summed E-state index contributed by atoms with van der Waals surface area (Å²) in [7, 11) is 0. The normalized spacial score (nSPS) is 12.0. The molecule has 50 heavy (non-hydrogen) atoms. The fourth-order valence-corrected chi connectivity index (χ4v) is 7.41. The quantitative estimate of drug-likeness (QED) is 0.173. The molecule has 7 aromatic rings. The van der Waals surface area contributed by atoms with Gasteiger partial charge in [-0.1, -0.05) is 24.3 Å². The first-order chi connectivity index (χ1) is 24.6. The van der Waals surface area contributed by atoms with Gasteiger partial charge in [0, 0.05) is 76.2 Å². The Labute approximate surface area is 315 Å². The molecule has 0 unspecified atom stereocenters. The van der Waals surface area contributed by atoms with Crippen LogP contribution in [0.3, 0.4) is 0 Å². The molecule has 7 heterocycles. The zero-order valence-electron chi connectivity index (χ0n) is 26.4. The number of aromatic nitrogens is 6. The largest absolute Gasteiger partial charge is 0.354 e. The number of nitrogens with one attached hydrogen (secondary N) is 2. The highest BCUT2D eigenvalue weighted by Crippen LogP contribution is 2.38. The lowest BCUT2D eigenvalue weighted by Crippen LogP contribution is -1.90. The average molecular weight is 869 g/mol. The summed E-state index contributed by atoms with van der Waals surface area (Å²) in [6.07, 6.45) is 15.8. The average Bonchev–Trinajstić information content (AvgIpc) is 3.98. The number of pyridine rings is 2. The van der Waals surface area contributed by atoms with Gasteiger partial charge < -0.3 is 9.97 Å². The number of hydrogen-bond acceptors (Lipinski definition) is 4. The van der Waals surface area contributed by atoms with Crippen LogP contribution in [-0.4, -0.2) is 29.9 Å². The van der Waals surface area contributed by atoms with Crippen LogP contribution in [0.2, 0.25) is 0 Å². The molecule has 0 fully saturated rings. The lowest BCUT2D eigenvalue weighted by atomic mass is 10.0. The summed E-state index contributed by atoms with van der Waals surface area (Å²) in [5, 5.41) is 0. The molecule has 0 spiro atoms. The molecule has 2 aliphatic heterocycles. The van der Waals surface area contributed by atoms with Gasteiger partial charge in [0.1, 0.15) is 0 Å². The summed E-state index contributed by atoms with van der Waals surface area (Å²) in [4.78, 5) is 26.9. The molecule has 8 heteroatoms. The van der Waals surface area contributed by atoms with Crippen LogP contribution in [0.25, 0.3) is 90.9 Å². The molecular formula is C42H26I2N6. The van der Waals surface area contributed by atoms with Crippen LogP contribution in [0, 0.1) is 7.14 Å². The number of halogens is 2. The third-order valence-corrected chi connectivity index (χ3v) is 10.4. The van der Waals surface area contributed by atoms with Gasteiger partial charge in [0.2, 0.25) is 0 Å². The Hall–Kier alpha value is -5.20. The molecule has 0 aliphatic carbocycles. The van der Waals surface area contributed by atoms with E-state index in [-0.39, 0.29) is 0 Å². The molecule has 2 aliphatic rings. The fraction of sp³-hybridized carbons (Fsp3) is 0. The van der Waals surface area contributed by atoms with Crippen molar-refractivity contribution in [1.29, 1.82) is 0 Å². The number of fused-ring (bicyclic) bond motifs is 8. The molecular weight excluding hydrogens is 842 g/mol. The highest BCUT2D eigenvalue weighted by Gasteiger charge is 2.19. The van der Waals surface area contributed by atoms with Crippen molar-refractivity contribution in [2.24, 2.45) is 0 Å². The van der Waals surface area contributed by atoms with Crippen LogP contribution in [0.5, 0.6) is 0 Å². The van der Waals surface area contributed by atoms with Crippen LogP contribution in [0.15, 0.2) is 122 Å². The number of nitrogens with zero attached hydrogens (tertiary/aromatic N) is 4. The van der Waals surface area contributed by atoms with Gasteiger partial charge in [0.05, 0.1) is 22.8 Å². The maximum Gasteiger partial charge on any atom is 0.0737 e. The standard InChI is InChI=1S/C42H26I2N6/c43-29-5-1-25(2-6-29)39-31-9-13-35(47-31)41(27-17-21-45-22-18-27)37-15-11-33(49-37)40(26-3-7-30(44)8-4-26)34-12-16-38(50-34)42(28-19-23-46-24-20-28)36-14-10-32(39)48-36/h1-24,47,50H. The van der Waals surface area contributed by atoms with Gasteiger partial charge in [0.15, 0.2) is 0 Å². The molecule has 0 atom stereocenters. The van der Waals surface area contributed by atoms with Crippen molar-refractivity contribution in [2.45, 2.75) is 0 Å². The van der Waals surface area contributed by atoms with E-state index in [1.807, 2.05) is 49.1 Å². The van der Waals surface area contributed by atoms with Crippen LogP contribution in [0.1, 0.15) is 22.8 Å². The van der Waals surface area contributed by atoms with Crippen molar-refractivity contribution in [1.82, 2.24) is 29.9 Å². The maximum absolute atomic E-state index is 5.35. The third-order valence-electron chi connectivity index (χ3n) is 8.96. The SMILES string of the molecule is Ic1ccc(-c2c3nc(c(-c4ccncc4)c4ccc([nH]4)c(-c4ccc(I)cc4)c4nc(c(-c5ccncc5)c5ccc2[nH]5)C=C4)C=C3)cc1. The van der Waals surface area contributed by atoms with Gasteiger partial charge in [-0.3, -0.25) is 9.97 Å². The molecule has 0 radical (unpaired) electrons. The summed E-state index contributed by atoms with van der Waals surface area (Å²) >= 11 is 4.70. The molecule has 0 saturated heterocycles. The maximum atomic E-state index is 5.35. The van der Waals surface area contributed by atoms with E-state index in [0.29, 0.717) is 0 Å². The summed E-state index contributed by atoms with van der Waals surface area (Å²) < 4.78 is 2.35. The van der Waals surface area contributed by atoms with E-state index >= 15 is 0 Å². The first kappa shape index (κ1) is 30.8. The van der Waals surface area contributed by atoms with Gasteiger partial charge in [-0.15, -0.1) is 0 Å². The van der Waals surface area contributed by atoms with E-state index in [1.165, 1.54) is 7.14 Å². The topological polar surface area (TPSA) is 83.1 Å². The van der Waals surface area contributed by atoms with E-state index in [1.54, 1.807) is 0 Å². The van der Waals surface area contributed by atoms with Gasteiger partial charge in [-0.05, 0) is 165 Å². The minimum absolute atomic E-state index is 0.870. The Morgan fingerprint density at radius 1 is 0.340 bits per heavy atom. The molecule has 5 aromatic heterocycles. The van der Waals surface area contributed by atoms with Crippen molar-refractivity contribution in [3.8, 4) is 44.5 Å². The predicted molar refractivity (Wildman–Crippen MR) is 222 cm³/mol. The molecule has 2 aromatic carbocycles.